The summed E-state index contributed by atoms with van der Waals surface area (Å²) in [6.45, 7) is 8.69. The molecule has 1 aliphatic heterocycles. The van der Waals surface area contributed by atoms with Gasteiger partial charge in [-0.15, -0.1) is 0 Å². The van der Waals surface area contributed by atoms with Gasteiger partial charge in [0.05, 0.1) is 31.1 Å². The van der Waals surface area contributed by atoms with Crippen LogP contribution in [0.2, 0.25) is 0 Å². The highest BCUT2D eigenvalue weighted by molar-refractivity contribution is 5.95. The summed E-state index contributed by atoms with van der Waals surface area (Å²) in [5, 5.41) is 3.29. The van der Waals surface area contributed by atoms with E-state index in [0.717, 1.165) is 5.39 Å². The SMILES string of the molecule is C[C@@H]1COCCN1C(=O)c1ccc2cc(OC/C(=C/F)CNC(=O)OC(C)(C)C)ccc2n1. The van der Waals surface area contributed by atoms with Crippen LogP contribution in [0.3, 0.4) is 0 Å². The van der Waals surface area contributed by atoms with Gasteiger partial charge in [-0.3, -0.25) is 4.79 Å². The van der Waals surface area contributed by atoms with E-state index in [1.807, 2.05) is 13.0 Å². The first kappa shape index (κ1) is 24.4. The fourth-order valence-electron chi connectivity index (χ4n) is 3.29. The molecule has 33 heavy (non-hydrogen) atoms. The number of rotatable bonds is 6. The summed E-state index contributed by atoms with van der Waals surface area (Å²) >= 11 is 0. The first-order valence-corrected chi connectivity index (χ1v) is 10.8. The Hall–Kier alpha value is -3.20. The molecule has 9 heteroatoms. The van der Waals surface area contributed by atoms with Gasteiger partial charge < -0.3 is 24.4 Å². The number of aromatic nitrogens is 1. The summed E-state index contributed by atoms with van der Waals surface area (Å²) in [5.41, 5.74) is 0.645. The second kappa shape index (κ2) is 10.6. The van der Waals surface area contributed by atoms with Crippen LogP contribution in [-0.4, -0.2) is 66.4 Å². The predicted octanol–water partition coefficient (Wildman–Crippen LogP) is 3.85. The standard InChI is InChI=1S/C24H30FN3O5/c1-16-14-31-10-9-28(16)22(29)21-7-5-18-11-19(6-8-20(18)27-21)32-15-17(12-25)13-26-23(30)33-24(2,3)4/h5-8,11-12,16H,9-10,13-15H2,1-4H3,(H,26,30)/b17-12+/t16-/m1/s1. The third-order valence-corrected chi connectivity index (χ3v) is 4.95. The van der Waals surface area contributed by atoms with Crippen molar-refractivity contribution in [2.24, 2.45) is 0 Å². The summed E-state index contributed by atoms with van der Waals surface area (Å²) in [6.07, 6.45) is -0.222. The van der Waals surface area contributed by atoms with E-state index >= 15 is 0 Å². The summed E-state index contributed by atoms with van der Waals surface area (Å²) < 4.78 is 29.4. The minimum Gasteiger partial charge on any atom is -0.489 e. The number of ether oxygens (including phenoxy) is 3. The molecule has 1 atom stereocenters. The number of carbonyl (C=O) groups is 2. The van der Waals surface area contributed by atoms with Gasteiger partial charge in [0.25, 0.3) is 5.91 Å². The third kappa shape index (κ3) is 6.89. The lowest BCUT2D eigenvalue weighted by molar-refractivity contribution is 0.00329. The zero-order valence-corrected chi connectivity index (χ0v) is 19.4. The molecule has 0 bridgehead atoms. The number of nitrogens with zero attached hydrogens (tertiary/aromatic N) is 2. The normalized spacial score (nSPS) is 17.1. The number of morpholine rings is 1. The van der Waals surface area contributed by atoms with Gasteiger partial charge in [-0.1, -0.05) is 6.07 Å². The van der Waals surface area contributed by atoms with Gasteiger partial charge in [-0.25, -0.2) is 14.2 Å². The smallest absolute Gasteiger partial charge is 0.407 e. The molecule has 2 heterocycles. The average molecular weight is 460 g/mol. The summed E-state index contributed by atoms with van der Waals surface area (Å²) in [5.74, 6) is 0.394. The Bertz CT molecular complexity index is 1030. The first-order chi connectivity index (χ1) is 15.7. The number of fused-ring (bicyclic) bond motifs is 1. The number of benzene rings is 1. The van der Waals surface area contributed by atoms with Gasteiger partial charge in [-0.2, -0.15) is 0 Å². The molecule has 1 aromatic heterocycles. The molecule has 0 unspecified atom stereocenters. The molecule has 1 fully saturated rings. The van der Waals surface area contributed by atoms with E-state index in [1.54, 1.807) is 49.9 Å². The molecule has 0 saturated carbocycles. The summed E-state index contributed by atoms with van der Waals surface area (Å²) in [6, 6.07) is 8.73. The molecule has 2 aromatic rings. The number of amides is 2. The molecular formula is C24H30FN3O5. The average Bonchev–Trinajstić information content (AvgIpc) is 2.77. The van der Waals surface area contributed by atoms with Crippen LogP contribution >= 0.6 is 0 Å². The highest BCUT2D eigenvalue weighted by Gasteiger charge is 2.25. The zero-order valence-electron chi connectivity index (χ0n) is 19.4. The molecule has 0 spiro atoms. The van der Waals surface area contributed by atoms with Crippen molar-refractivity contribution in [3.8, 4) is 5.75 Å². The van der Waals surface area contributed by atoms with Gasteiger partial charge in [0.15, 0.2) is 0 Å². The number of carbonyl (C=O) groups excluding carboxylic acids is 2. The molecule has 2 amide bonds. The van der Waals surface area contributed by atoms with Gasteiger partial charge in [0.1, 0.15) is 23.7 Å². The Labute approximate surface area is 192 Å². The molecule has 1 saturated heterocycles. The van der Waals surface area contributed by atoms with Crippen molar-refractivity contribution in [2.75, 3.05) is 32.9 Å². The second-order valence-corrected chi connectivity index (χ2v) is 8.88. The molecule has 178 valence electrons. The fraction of sp³-hybridized carbons (Fsp3) is 0.458. The van der Waals surface area contributed by atoms with Crippen molar-refractivity contribution >= 4 is 22.9 Å². The molecule has 3 rings (SSSR count). The Kier molecular flexibility index (Phi) is 7.86. The van der Waals surface area contributed by atoms with Crippen LogP contribution in [-0.2, 0) is 9.47 Å². The van der Waals surface area contributed by atoms with E-state index in [2.05, 4.69) is 10.3 Å². The van der Waals surface area contributed by atoms with Crippen molar-refractivity contribution in [3.05, 3.63) is 47.9 Å². The number of halogens is 1. The van der Waals surface area contributed by atoms with Gasteiger partial charge in [0.2, 0.25) is 0 Å². The quantitative estimate of drug-likeness (QED) is 0.706. The number of hydrogen-bond acceptors (Lipinski definition) is 6. The monoisotopic (exact) mass is 459 g/mol. The number of alkyl carbamates (subject to hydrolysis) is 1. The van der Waals surface area contributed by atoms with Crippen LogP contribution < -0.4 is 10.1 Å². The van der Waals surface area contributed by atoms with E-state index in [9.17, 15) is 14.0 Å². The molecule has 0 aliphatic carbocycles. The van der Waals surface area contributed by atoms with E-state index in [1.165, 1.54) is 0 Å². The van der Waals surface area contributed by atoms with Crippen molar-refractivity contribution < 1.29 is 28.2 Å². The maximum Gasteiger partial charge on any atom is 0.407 e. The number of pyridine rings is 1. The predicted molar refractivity (Wildman–Crippen MR) is 122 cm³/mol. The first-order valence-electron chi connectivity index (χ1n) is 10.8. The Morgan fingerprint density at radius 3 is 2.79 bits per heavy atom. The Balaban J connectivity index is 1.60. The fourth-order valence-corrected chi connectivity index (χ4v) is 3.29. The maximum absolute atomic E-state index is 13.2. The van der Waals surface area contributed by atoms with Crippen LogP contribution in [0, 0.1) is 0 Å². The van der Waals surface area contributed by atoms with Crippen molar-refractivity contribution in [1.29, 1.82) is 0 Å². The molecule has 0 radical (unpaired) electrons. The third-order valence-electron chi connectivity index (χ3n) is 4.95. The molecule has 1 aliphatic rings. The van der Waals surface area contributed by atoms with Crippen molar-refractivity contribution in [1.82, 2.24) is 15.2 Å². The minimum absolute atomic E-state index is 0.00193. The van der Waals surface area contributed by atoms with Gasteiger partial charge in [-0.05, 0) is 52.0 Å². The number of nitrogens with one attached hydrogen (secondary N) is 1. The number of hydrogen-bond donors (Lipinski definition) is 1. The van der Waals surface area contributed by atoms with Crippen molar-refractivity contribution in [3.63, 3.8) is 0 Å². The highest BCUT2D eigenvalue weighted by atomic mass is 19.1. The topological polar surface area (TPSA) is 90.0 Å². The summed E-state index contributed by atoms with van der Waals surface area (Å²) in [4.78, 5) is 30.8. The Morgan fingerprint density at radius 1 is 1.30 bits per heavy atom. The molecular weight excluding hydrogens is 429 g/mol. The van der Waals surface area contributed by atoms with E-state index < -0.39 is 11.7 Å². The maximum atomic E-state index is 13.2. The highest BCUT2D eigenvalue weighted by Crippen LogP contribution is 2.21. The van der Waals surface area contributed by atoms with E-state index in [4.69, 9.17) is 14.2 Å². The van der Waals surface area contributed by atoms with Crippen LogP contribution in [0.4, 0.5) is 9.18 Å². The van der Waals surface area contributed by atoms with E-state index in [0.29, 0.717) is 43.0 Å². The largest absolute Gasteiger partial charge is 0.489 e. The van der Waals surface area contributed by atoms with E-state index in [-0.39, 0.29) is 30.7 Å². The van der Waals surface area contributed by atoms with Crippen molar-refractivity contribution in [2.45, 2.75) is 39.3 Å². The lowest BCUT2D eigenvalue weighted by Gasteiger charge is -2.33. The molecule has 1 N–H and O–H groups in total. The van der Waals surface area contributed by atoms with Crippen LogP contribution in [0.5, 0.6) is 5.75 Å². The second-order valence-electron chi connectivity index (χ2n) is 8.88. The molecule has 1 aromatic carbocycles. The summed E-state index contributed by atoms with van der Waals surface area (Å²) in [7, 11) is 0. The van der Waals surface area contributed by atoms with Gasteiger partial charge >= 0.3 is 6.09 Å². The van der Waals surface area contributed by atoms with Gasteiger partial charge in [0, 0.05) is 24.0 Å². The van der Waals surface area contributed by atoms with Crippen LogP contribution in [0.25, 0.3) is 10.9 Å². The van der Waals surface area contributed by atoms with Crippen LogP contribution in [0.15, 0.2) is 42.2 Å². The van der Waals surface area contributed by atoms with Crippen LogP contribution in [0.1, 0.15) is 38.2 Å². The lowest BCUT2D eigenvalue weighted by atomic mass is 10.1. The minimum atomic E-state index is -0.635. The Morgan fingerprint density at radius 2 is 2.09 bits per heavy atom. The molecule has 8 nitrogen and oxygen atoms in total. The zero-order chi connectivity index (χ0) is 24.0. The lowest BCUT2D eigenvalue weighted by Crippen LogP contribution is -2.47.